The van der Waals surface area contributed by atoms with Gasteiger partial charge in [0.25, 0.3) is 5.91 Å². The zero-order valence-electron chi connectivity index (χ0n) is 15.1. The van der Waals surface area contributed by atoms with E-state index in [1.807, 2.05) is 16.8 Å². The lowest BCUT2D eigenvalue weighted by atomic mass is 9.83. The highest BCUT2D eigenvalue weighted by atomic mass is 32.1. The van der Waals surface area contributed by atoms with Crippen LogP contribution in [-0.2, 0) is 20.7 Å². The van der Waals surface area contributed by atoms with Crippen molar-refractivity contribution < 1.29 is 23.9 Å². The summed E-state index contributed by atoms with van der Waals surface area (Å²) in [6, 6.07) is 13.1. The van der Waals surface area contributed by atoms with Gasteiger partial charge in [0.15, 0.2) is 18.2 Å². The lowest BCUT2D eigenvalue weighted by Crippen LogP contribution is -2.26. The lowest BCUT2D eigenvalue weighted by molar-refractivity contribution is -0.146. The predicted octanol–water partition coefficient (Wildman–Crippen LogP) is 3.25. The molecule has 0 unspecified atom stereocenters. The maximum atomic E-state index is 12.9. The van der Waals surface area contributed by atoms with Gasteiger partial charge in [-0.05, 0) is 28.5 Å². The molecule has 6 nitrogen and oxygen atoms in total. The van der Waals surface area contributed by atoms with Gasteiger partial charge >= 0.3 is 5.97 Å². The maximum Gasteiger partial charge on any atom is 0.310 e. The molecule has 0 saturated carbocycles. The maximum absolute atomic E-state index is 12.9. The minimum absolute atomic E-state index is 0.0846. The molecule has 1 aliphatic carbocycles. The monoisotopic (exact) mass is 405 g/mol. The molecule has 1 amide bonds. The molecule has 144 valence electrons. The molecule has 0 radical (unpaired) electrons. The van der Waals surface area contributed by atoms with Crippen LogP contribution in [-0.4, -0.2) is 30.0 Å². The van der Waals surface area contributed by atoms with E-state index >= 15 is 0 Å². The number of ketones is 2. The quantitative estimate of drug-likeness (QED) is 0.515. The topological polar surface area (TPSA) is 89.5 Å². The van der Waals surface area contributed by atoms with E-state index in [4.69, 9.17) is 4.74 Å². The molecule has 7 heteroatoms. The minimum Gasteiger partial charge on any atom is -0.455 e. The summed E-state index contributed by atoms with van der Waals surface area (Å²) in [4.78, 5) is 49.7. The smallest absolute Gasteiger partial charge is 0.310 e. The highest BCUT2D eigenvalue weighted by molar-refractivity contribution is 7.08. The van der Waals surface area contributed by atoms with Crippen molar-refractivity contribution in [3.05, 3.63) is 87.1 Å². The molecule has 1 heterocycles. The summed E-state index contributed by atoms with van der Waals surface area (Å²) < 4.78 is 5.00. The largest absolute Gasteiger partial charge is 0.455 e. The van der Waals surface area contributed by atoms with Crippen LogP contribution >= 0.6 is 11.3 Å². The highest BCUT2D eigenvalue weighted by Crippen LogP contribution is 2.31. The lowest BCUT2D eigenvalue weighted by Gasteiger charge is -2.20. The molecule has 1 N–H and O–H groups in total. The van der Waals surface area contributed by atoms with Crippen molar-refractivity contribution in [1.29, 1.82) is 0 Å². The van der Waals surface area contributed by atoms with Gasteiger partial charge in [-0.2, -0.15) is 11.3 Å². The Labute approximate surface area is 170 Å². The van der Waals surface area contributed by atoms with Crippen molar-refractivity contribution in [2.24, 2.45) is 0 Å². The normalized spacial score (nSPS) is 12.1. The third kappa shape index (κ3) is 3.72. The molecule has 0 fully saturated rings. The van der Waals surface area contributed by atoms with Gasteiger partial charge in [-0.15, -0.1) is 0 Å². The number of amides is 1. The number of anilines is 1. The minimum atomic E-state index is -0.587. The van der Waals surface area contributed by atoms with Crippen LogP contribution in [0.15, 0.2) is 59.3 Å². The van der Waals surface area contributed by atoms with Crippen LogP contribution in [0.4, 0.5) is 5.69 Å². The third-order valence-electron chi connectivity index (χ3n) is 4.52. The van der Waals surface area contributed by atoms with Crippen LogP contribution in [0, 0.1) is 0 Å². The predicted molar refractivity (Wildman–Crippen MR) is 107 cm³/mol. The summed E-state index contributed by atoms with van der Waals surface area (Å²) in [5.41, 5.74) is 2.06. The molecule has 0 bridgehead atoms. The van der Waals surface area contributed by atoms with E-state index in [1.54, 1.807) is 42.5 Å². The average Bonchev–Trinajstić information content (AvgIpc) is 3.23. The summed E-state index contributed by atoms with van der Waals surface area (Å²) in [6.45, 7) is -0.481. The van der Waals surface area contributed by atoms with E-state index in [2.05, 4.69) is 5.32 Å². The van der Waals surface area contributed by atoms with Crippen molar-refractivity contribution in [1.82, 2.24) is 0 Å². The van der Waals surface area contributed by atoms with E-state index in [0.717, 1.165) is 5.56 Å². The fourth-order valence-electron chi connectivity index (χ4n) is 3.19. The van der Waals surface area contributed by atoms with Crippen LogP contribution in [0.5, 0.6) is 0 Å². The van der Waals surface area contributed by atoms with E-state index in [0.29, 0.717) is 11.1 Å². The van der Waals surface area contributed by atoms with Gasteiger partial charge in [-0.1, -0.05) is 36.4 Å². The molecule has 3 aromatic rings. The van der Waals surface area contributed by atoms with Gasteiger partial charge in [0.05, 0.1) is 17.7 Å². The second-order valence-corrected chi connectivity index (χ2v) is 7.23. The molecule has 0 saturated heterocycles. The number of hydrogen-bond acceptors (Lipinski definition) is 6. The second-order valence-electron chi connectivity index (χ2n) is 6.45. The number of esters is 1. The van der Waals surface area contributed by atoms with E-state index in [-0.39, 0.29) is 34.8 Å². The Kier molecular flexibility index (Phi) is 5.05. The van der Waals surface area contributed by atoms with Gasteiger partial charge in [0.2, 0.25) is 0 Å². The van der Waals surface area contributed by atoms with Crippen LogP contribution in [0.3, 0.4) is 0 Å². The van der Waals surface area contributed by atoms with E-state index < -0.39 is 18.5 Å². The first-order chi connectivity index (χ1) is 14.0. The van der Waals surface area contributed by atoms with Crippen molar-refractivity contribution in [3.63, 3.8) is 0 Å². The summed E-state index contributed by atoms with van der Waals surface area (Å²) >= 11 is 1.47. The van der Waals surface area contributed by atoms with E-state index in [1.165, 1.54) is 11.3 Å². The van der Waals surface area contributed by atoms with Crippen molar-refractivity contribution in [2.45, 2.75) is 6.42 Å². The number of ether oxygens (including phenoxy) is 1. The number of rotatable bonds is 5. The van der Waals surface area contributed by atoms with Crippen LogP contribution in [0.25, 0.3) is 0 Å². The Morgan fingerprint density at radius 1 is 0.897 bits per heavy atom. The molecule has 0 atom stereocenters. The number of hydrogen-bond donors (Lipinski definition) is 1. The Hall–Kier alpha value is -3.58. The van der Waals surface area contributed by atoms with Crippen molar-refractivity contribution in [3.8, 4) is 0 Å². The number of carbonyl (C=O) groups excluding carboxylic acids is 4. The van der Waals surface area contributed by atoms with Gasteiger partial charge in [0.1, 0.15) is 0 Å². The summed E-state index contributed by atoms with van der Waals surface area (Å²) in [7, 11) is 0. The van der Waals surface area contributed by atoms with Crippen LogP contribution in [0.1, 0.15) is 37.4 Å². The van der Waals surface area contributed by atoms with E-state index in [9.17, 15) is 19.2 Å². The first-order valence-corrected chi connectivity index (χ1v) is 9.77. The molecule has 29 heavy (non-hydrogen) atoms. The Bertz CT molecular complexity index is 1130. The number of carbonyl (C=O) groups is 4. The average molecular weight is 405 g/mol. The number of benzene rings is 2. The first kappa shape index (κ1) is 18.8. The zero-order valence-corrected chi connectivity index (χ0v) is 16.0. The van der Waals surface area contributed by atoms with Gasteiger partial charge < -0.3 is 10.1 Å². The molecular weight excluding hydrogens is 390 g/mol. The number of thiophene rings is 1. The summed E-state index contributed by atoms with van der Waals surface area (Å²) in [5.74, 6) is -1.71. The molecule has 0 spiro atoms. The zero-order chi connectivity index (χ0) is 20.4. The number of nitrogens with one attached hydrogen (secondary N) is 1. The Morgan fingerprint density at radius 2 is 1.62 bits per heavy atom. The Balaban J connectivity index is 1.49. The van der Waals surface area contributed by atoms with Gasteiger partial charge in [-0.3, -0.25) is 19.2 Å². The van der Waals surface area contributed by atoms with Crippen LogP contribution in [0.2, 0.25) is 0 Å². The fourth-order valence-corrected chi connectivity index (χ4v) is 3.86. The summed E-state index contributed by atoms with van der Waals surface area (Å²) in [6.07, 6.45) is 0.0846. The standard InChI is InChI=1S/C22H15NO5S/c24-18(11-28-19(25)10-13-8-9-29-12-13)23-17-7-3-6-16-20(17)22(27)15-5-2-1-4-14(15)21(16)26/h1-9,12H,10-11H2,(H,23,24). The summed E-state index contributed by atoms with van der Waals surface area (Å²) in [5, 5.41) is 6.26. The third-order valence-corrected chi connectivity index (χ3v) is 5.25. The SMILES string of the molecule is O=C(COC(=O)Cc1ccsc1)Nc1cccc2c1C(=O)c1ccccc1C2=O. The molecule has 1 aliphatic rings. The fraction of sp³-hybridized carbons (Fsp3) is 0.0909. The molecule has 2 aromatic carbocycles. The molecule has 0 aliphatic heterocycles. The first-order valence-electron chi connectivity index (χ1n) is 8.82. The molecule has 4 rings (SSSR count). The molecule has 1 aromatic heterocycles. The molecular formula is C22H15NO5S. The van der Waals surface area contributed by atoms with Crippen molar-refractivity contribution >= 4 is 40.5 Å². The van der Waals surface area contributed by atoms with Crippen LogP contribution < -0.4 is 5.32 Å². The van der Waals surface area contributed by atoms with Gasteiger partial charge in [-0.25, -0.2) is 0 Å². The number of fused-ring (bicyclic) bond motifs is 2. The second kappa shape index (κ2) is 7.81. The Morgan fingerprint density at radius 3 is 2.34 bits per heavy atom. The highest BCUT2D eigenvalue weighted by Gasteiger charge is 2.31. The van der Waals surface area contributed by atoms with Crippen molar-refractivity contribution in [2.75, 3.05) is 11.9 Å². The van der Waals surface area contributed by atoms with Gasteiger partial charge in [0, 0.05) is 16.7 Å².